The molecule has 6 nitrogen and oxygen atoms in total. The van der Waals surface area contributed by atoms with Gasteiger partial charge in [-0.25, -0.2) is 9.97 Å². The number of imidazole rings is 1. The molecule has 0 aliphatic heterocycles. The number of aromatic amines is 1. The van der Waals surface area contributed by atoms with Crippen LogP contribution in [0.3, 0.4) is 0 Å². The lowest BCUT2D eigenvalue weighted by Gasteiger charge is -2.08. The molecule has 4 aromatic rings. The van der Waals surface area contributed by atoms with Crippen molar-refractivity contribution in [2.24, 2.45) is 0 Å². The molecule has 27 heavy (non-hydrogen) atoms. The summed E-state index contributed by atoms with van der Waals surface area (Å²) in [4.78, 5) is 24.7. The van der Waals surface area contributed by atoms with Crippen molar-refractivity contribution >= 4 is 33.7 Å². The zero-order chi connectivity index (χ0) is 18.8. The molecule has 1 N–H and O–H groups in total. The highest BCUT2D eigenvalue weighted by atomic mass is 32.2. The second-order valence-electron chi connectivity index (χ2n) is 6.30. The van der Waals surface area contributed by atoms with Crippen molar-refractivity contribution in [2.75, 3.05) is 13.7 Å². The average molecular weight is 380 g/mol. The average Bonchev–Trinajstić information content (AvgIpc) is 3.03. The molecule has 2 aromatic heterocycles. The number of para-hydroxylation sites is 3. The van der Waals surface area contributed by atoms with Gasteiger partial charge in [0.1, 0.15) is 5.82 Å². The van der Waals surface area contributed by atoms with Gasteiger partial charge in [-0.2, -0.15) is 0 Å². The number of rotatable bonds is 6. The van der Waals surface area contributed by atoms with Crippen LogP contribution in [0.5, 0.6) is 0 Å². The molecule has 0 saturated heterocycles. The zero-order valence-corrected chi connectivity index (χ0v) is 16.0. The standard InChI is InChI=1S/C20H20N4O2S/c1-13-6-5-7-14-18(13)22-17(23-19(14)25)12-27-20-21-15-8-3-4-9-16(15)24(20)10-11-26-2/h3-9H,10-12H2,1-2H3,(H,22,23,25). The summed E-state index contributed by atoms with van der Waals surface area (Å²) in [5, 5.41) is 1.51. The Morgan fingerprint density at radius 3 is 2.85 bits per heavy atom. The summed E-state index contributed by atoms with van der Waals surface area (Å²) in [6, 6.07) is 13.7. The minimum absolute atomic E-state index is 0.104. The monoisotopic (exact) mass is 380 g/mol. The summed E-state index contributed by atoms with van der Waals surface area (Å²) >= 11 is 1.56. The molecule has 0 atom stereocenters. The Kier molecular flexibility index (Phi) is 4.96. The smallest absolute Gasteiger partial charge is 0.258 e. The van der Waals surface area contributed by atoms with E-state index in [1.165, 1.54) is 0 Å². The lowest BCUT2D eigenvalue weighted by atomic mass is 10.1. The van der Waals surface area contributed by atoms with Crippen LogP contribution in [0.25, 0.3) is 21.9 Å². The van der Waals surface area contributed by atoms with Crippen LogP contribution in [0.15, 0.2) is 52.4 Å². The van der Waals surface area contributed by atoms with E-state index in [-0.39, 0.29) is 5.56 Å². The quantitative estimate of drug-likeness (QED) is 0.518. The Labute approximate surface area is 160 Å². The summed E-state index contributed by atoms with van der Waals surface area (Å²) in [7, 11) is 1.69. The van der Waals surface area contributed by atoms with Crippen molar-refractivity contribution in [3.8, 4) is 0 Å². The van der Waals surface area contributed by atoms with Gasteiger partial charge in [-0.15, -0.1) is 0 Å². The lowest BCUT2D eigenvalue weighted by molar-refractivity contribution is 0.186. The van der Waals surface area contributed by atoms with Gasteiger partial charge in [0.15, 0.2) is 5.16 Å². The maximum Gasteiger partial charge on any atom is 0.258 e. The Hall–Kier alpha value is -2.64. The Morgan fingerprint density at radius 2 is 2.00 bits per heavy atom. The molecule has 0 unspecified atom stereocenters. The Balaban J connectivity index is 1.66. The Morgan fingerprint density at radius 1 is 1.15 bits per heavy atom. The first-order chi connectivity index (χ1) is 13.2. The predicted molar refractivity (Wildman–Crippen MR) is 108 cm³/mol. The molecular weight excluding hydrogens is 360 g/mol. The highest BCUT2D eigenvalue weighted by Gasteiger charge is 2.12. The number of hydrogen-bond donors (Lipinski definition) is 1. The minimum atomic E-state index is -0.104. The number of benzene rings is 2. The molecule has 0 bridgehead atoms. The highest BCUT2D eigenvalue weighted by molar-refractivity contribution is 7.98. The number of aryl methyl sites for hydroxylation is 1. The van der Waals surface area contributed by atoms with Crippen LogP contribution in [-0.2, 0) is 17.0 Å². The van der Waals surface area contributed by atoms with Gasteiger partial charge in [0.25, 0.3) is 5.56 Å². The number of hydrogen-bond acceptors (Lipinski definition) is 5. The third-order valence-corrected chi connectivity index (χ3v) is 5.45. The van der Waals surface area contributed by atoms with Gasteiger partial charge in [0.05, 0.1) is 34.3 Å². The topological polar surface area (TPSA) is 72.8 Å². The van der Waals surface area contributed by atoms with E-state index in [1.54, 1.807) is 24.9 Å². The third kappa shape index (κ3) is 3.48. The summed E-state index contributed by atoms with van der Waals surface area (Å²) in [6.45, 7) is 3.30. The van der Waals surface area contributed by atoms with E-state index >= 15 is 0 Å². The molecule has 2 aromatic carbocycles. The molecule has 0 aliphatic rings. The first-order valence-electron chi connectivity index (χ1n) is 8.73. The third-order valence-electron chi connectivity index (χ3n) is 4.46. The van der Waals surface area contributed by atoms with E-state index in [0.29, 0.717) is 23.6 Å². The number of ether oxygens (including phenoxy) is 1. The second-order valence-corrected chi connectivity index (χ2v) is 7.24. The molecular formula is C20H20N4O2S. The first-order valence-corrected chi connectivity index (χ1v) is 9.71. The molecule has 138 valence electrons. The number of nitrogens with one attached hydrogen (secondary N) is 1. The number of H-pyrrole nitrogens is 1. The van der Waals surface area contributed by atoms with Crippen molar-refractivity contribution in [3.05, 3.63) is 64.2 Å². The summed E-state index contributed by atoms with van der Waals surface area (Å²) in [5.74, 6) is 1.19. The van der Waals surface area contributed by atoms with Gasteiger partial charge in [-0.3, -0.25) is 4.79 Å². The van der Waals surface area contributed by atoms with Gasteiger partial charge in [-0.05, 0) is 30.7 Å². The van der Waals surface area contributed by atoms with E-state index < -0.39 is 0 Å². The molecule has 0 aliphatic carbocycles. The fourth-order valence-electron chi connectivity index (χ4n) is 3.12. The summed E-state index contributed by atoms with van der Waals surface area (Å²) in [5.41, 5.74) is 3.67. The van der Waals surface area contributed by atoms with Crippen LogP contribution in [0, 0.1) is 6.92 Å². The van der Waals surface area contributed by atoms with Crippen molar-refractivity contribution in [1.82, 2.24) is 19.5 Å². The van der Waals surface area contributed by atoms with Gasteiger partial charge >= 0.3 is 0 Å². The van der Waals surface area contributed by atoms with Crippen molar-refractivity contribution in [1.29, 1.82) is 0 Å². The Bertz CT molecular complexity index is 1170. The predicted octanol–water partition coefficient (Wildman–Crippen LogP) is 3.52. The van der Waals surface area contributed by atoms with Crippen LogP contribution >= 0.6 is 11.8 Å². The fraction of sp³-hybridized carbons (Fsp3) is 0.250. The number of thioether (sulfide) groups is 1. The molecule has 0 fully saturated rings. The van der Waals surface area contributed by atoms with Crippen molar-refractivity contribution < 1.29 is 4.74 Å². The van der Waals surface area contributed by atoms with E-state index in [4.69, 9.17) is 9.72 Å². The van der Waals surface area contributed by atoms with Gasteiger partial charge in [0, 0.05) is 13.7 Å². The van der Waals surface area contributed by atoms with Crippen LogP contribution in [0.1, 0.15) is 11.4 Å². The molecule has 7 heteroatoms. The molecule has 0 radical (unpaired) electrons. The van der Waals surface area contributed by atoms with Crippen LogP contribution in [-0.4, -0.2) is 33.2 Å². The van der Waals surface area contributed by atoms with E-state index in [0.717, 1.165) is 33.8 Å². The maximum absolute atomic E-state index is 12.4. The summed E-state index contributed by atoms with van der Waals surface area (Å²) in [6.07, 6.45) is 0. The van der Waals surface area contributed by atoms with Gasteiger partial charge in [-0.1, -0.05) is 36.0 Å². The number of nitrogens with zero attached hydrogens (tertiary/aromatic N) is 3. The first kappa shape index (κ1) is 17.8. The number of aromatic nitrogens is 4. The van der Waals surface area contributed by atoms with Crippen molar-refractivity contribution in [2.45, 2.75) is 24.4 Å². The molecule has 0 amide bonds. The number of methoxy groups -OCH3 is 1. The fourth-order valence-corrected chi connectivity index (χ4v) is 4.03. The van der Waals surface area contributed by atoms with Crippen LogP contribution < -0.4 is 5.56 Å². The summed E-state index contributed by atoms with van der Waals surface area (Å²) < 4.78 is 7.39. The molecule has 2 heterocycles. The van der Waals surface area contributed by atoms with Crippen LogP contribution in [0.2, 0.25) is 0 Å². The van der Waals surface area contributed by atoms with E-state index in [2.05, 4.69) is 20.6 Å². The molecule has 0 spiro atoms. The largest absolute Gasteiger partial charge is 0.383 e. The number of fused-ring (bicyclic) bond motifs is 2. The normalized spacial score (nSPS) is 11.5. The zero-order valence-electron chi connectivity index (χ0n) is 15.2. The lowest BCUT2D eigenvalue weighted by Crippen LogP contribution is -2.12. The van der Waals surface area contributed by atoms with E-state index in [9.17, 15) is 4.79 Å². The highest BCUT2D eigenvalue weighted by Crippen LogP contribution is 2.26. The van der Waals surface area contributed by atoms with Gasteiger partial charge in [0.2, 0.25) is 0 Å². The maximum atomic E-state index is 12.4. The molecule has 0 saturated carbocycles. The van der Waals surface area contributed by atoms with Crippen molar-refractivity contribution in [3.63, 3.8) is 0 Å². The minimum Gasteiger partial charge on any atom is -0.383 e. The molecule has 4 rings (SSSR count). The second kappa shape index (κ2) is 7.54. The van der Waals surface area contributed by atoms with Gasteiger partial charge < -0.3 is 14.3 Å². The van der Waals surface area contributed by atoms with Crippen LogP contribution in [0.4, 0.5) is 0 Å². The van der Waals surface area contributed by atoms with E-state index in [1.807, 2.05) is 37.3 Å². The SMILES string of the molecule is COCCn1c(SCc2nc3c(C)cccc3c(=O)[nH]2)nc2ccccc21.